The number of nitrogens with one attached hydrogen (secondary N) is 1. The van der Waals surface area contributed by atoms with Gasteiger partial charge >= 0.3 is 0 Å². The van der Waals surface area contributed by atoms with Crippen molar-refractivity contribution in [3.8, 4) is 0 Å². The Hall–Kier alpha value is -1.36. The fraction of sp³-hybridized carbons (Fsp3) is 0.125. The molecule has 0 fully saturated rings. The Morgan fingerprint density at radius 3 is 2.92 bits per heavy atom. The van der Waals surface area contributed by atoms with Gasteiger partial charge in [0.05, 0.1) is 5.69 Å². The van der Waals surface area contributed by atoms with Crippen LogP contribution in [0.2, 0.25) is 0 Å². The van der Waals surface area contributed by atoms with E-state index in [4.69, 9.17) is 0 Å². The van der Waals surface area contributed by atoms with Gasteiger partial charge in [0.1, 0.15) is 11.2 Å². The molecule has 1 aromatic carbocycles. The summed E-state index contributed by atoms with van der Waals surface area (Å²) in [7, 11) is -3.45. The molecule has 5 heteroatoms. The van der Waals surface area contributed by atoms with Crippen LogP contribution in [0.25, 0.3) is 0 Å². The van der Waals surface area contributed by atoms with Gasteiger partial charge in [-0.2, -0.15) is 8.42 Å². The first kappa shape index (κ1) is 8.25. The van der Waals surface area contributed by atoms with E-state index in [0.29, 0.717) is 5.69 Å². The maximum Gasteiger partial charge on any atom is 0.285 e. The molecule has 0 saturated carbocycles. The predicted molar refractivity (Wildman–Crippen MR) is 50.5 cm³/mol. The Morgan fingerprint density at radius 1 is 1.38 bits per heavy atom. The molecule has 1 N–H and O–H groups in total. The molecule has 0 saturated heterocycles. The maximum atomic E-state index is 11.3. The molecule has 0 aliphatic carbocycles. The molecular formula is C8H8N2O2S. The quantitative estimate of drug-likeness (QED) is 0.676. The summed E-state index contributed by atoms with van der Waals surface area (Å²) in [5.41, 5.74) is 1.60. The number of sulfonamides is 1. The van der Waals surface area contributed by atoms with Crippen LogP contribution in [0.15, 0.2) is 27.5 Å². The summed E-state index contributed by atoms with van der Waals surface area (Å²) < 4.78 is 26.1. The van der Waals surface area contributed by atoms with Crippen molar-refractivity contribution in [2.75, 3.05) is 5.32 Å². The van der Waals surface area contributed by atoms with Crippen molar-refractivity contribution in [2.24, 2.45) is 4.40 Å². The minimum Gasteiger partial charge on any atom is -0.345 e. The first-order valence-corrected chi connectivity index (χ1v) is 5.20. The number of fused-ring (bicyclic) bond motifs is 1. The van der Waals surface area contributed by atoms with Gasteiger partial charge < -0.3 is 5.32 Å². The van der Waals surface area contributed by atoms with E-state index in [1.165, 1.54) is 6.34 Å². The maximum absolute atomic E-state index is 11.3. The smallest absolute Gasteiger partial charge is 0.285 e. The SMILES string of the molecule is Cc1ccc2c(c1)NC=NS2(=O)=O. The average Bonchev–Trinajstić information content (AvgIpc) is 2.02. The fourth-order valence-corrected chi connectivity index (χ4v) is 2.14. The van der Waals surface area contributed by atoms with Gasteiger partial charge in [0.15, 0.2) is 0 Å². The third-order valence-electron chi connectivity index (χ3n) is 1.82. The lowest BCUT2D eigenvalue weighted by molar-refractivity contribution is 0.598. The van der Waals surface area contributed by atoms with Crippen molar-refractivity contribution in [3.63, 3.8) is 0 Å². The van der Waals surface area contributed by atoms with E-state index in [0.717, 1.165) is 5.56 Å². The van der Waals surface area contributed by atoms with Crippen LogP contribution in [0.3, 0.4) is 0 Å². The second-order valence-corrected chi connectivity index (χ2v) is 4.45. The number of nitrogens with zero attached hydrogens (tertiary/aromatic N) is 1. The molecule has 1 aliphatic rings. The molecule has 2 rings (SSSR count). The van der Waals surface area contributed by atoms with Crippen LogP contribution in [0.1, 0.15) is 5.56 Å². The summed E-state index contributed by atoms with van der Waals surface area (Å²) >= 11 is 0. The Balaban J connectivity index is 2.72. The van der Waals surface area contributed by atoms with E-state index in [-0.39, 0.29) is 4.90 Å². The van der Waals surface area contributed by atoms with E-state index < -0.39 is 10.0 Å². The molecule has 4 nitrogen and oxygen atoms in total. The molecule has 1 aliphatic heterocycles. The third kappa shape index (κ3) is 1.31. The fourth-order valence-electron chi connectivity index (χ4n) is 1.20. The zero-order valence-electron chi connectivity index (χ0n) is 6.98. The highest BCUT2D eigenvalue weighted by Crippen LogP contribution is 2.26. The monoisotopic (exact) mass is 196 g/mol. The number of hydrogen-bond donors (Lipinski definition) is 1. The van der Waals surface area contributed by atoms with E-state index in [9.17, 15) is 8.42 Å². The molecule has 0 unspecified atom stereocenters. The van der Waals surface area contributed by atoms with Crippen molar-refractivity contribution < 1.29 is 8.42 Å². The average molecular weight is 196 g/mol. The lowest BCUT2D eigenvalue weighted by Crippen LogP contribution is -2.11. The second-order valence-electron chi connectivity index (χ2n) is 2.85. The third-order valence-corrected chi connectivity index (χ3v) is 3.12. The Labute approximate surface area is 76.4 Å². The van der Waals surface area contributed by atoms with E-state index in [2.05, 4.69) is 9.71 Å². The van der Waals surface area contributed by atoms with Crippen LogP contribution >= 0.6 is 0 Å². The van der Waals surface area contributed by atoms with Gasteiger partial charge in [0.25, 0.3) is 10.0 Å². The molecule has 13 heavy (non-hydrogen) atoms. The van der Waals surface area contributed by atoms with Gasteiger partial charge in [0, 0.05) is 0 Å². The largest absolute Gasteiger partial charge is 0.345 e. The number of benzene rings is 1. The number of rotatable bonds is 0. The Bertz CT molecular complexity index is 477. The molecule has 0 aromatic heterocycles. The zero-order valence-corrected chi connectivity index (χ0v) is 7.80. The van der Waals surface area contributed by atoms with Crippen LogP contribution in [0.4, 0.5) is 5.69 Å². The molecule has 0 amide bonds. The summed E-state index contributed by atoms with van der Waals surface area (Å²) in [5.74, 6) is 0. The minimum absolute atomic E-state index is 0.237. The first-order valence-electron chi connectivity index (χ1n) is 3.75. The highest BCUT2D eigenvalue weighted by atomic mass is 32.2. The van der Waals surface area contributed by atoms with Crippen molar-refractivity contribution >= 4 is 22.0 Å². The van der Waals surface area contributed by atoms with E-state index in [1.807, 2.05) is 6.92 Å². The summed E-state index contributed by atoms with van der Waals surface area (Å²) in [6.45, 7) is 1.90. The summed E-state index contributed by atoms with van der Waals surface area (Å²) in [5, 5.41) is 2.79. The predicted octanol–water partition coefficient (Wildman–Crippen LogP) is 1.14. The standard InChI is InChI=1S/C8H8N2O2S/c1-6-2-3-8-7(4-6)9-5-10-13(8,11)12/h2-5H,1H3,(H,9,10). The zero-order chi connectivity index (χ0) is 9.47. The van der Waals surface area contributed by atoms with Crippen LogP contribution in [-0.2, 0) is 10.0 Å². The molecule has 1 heterocycles. The van der Waals surface area contributed by atoms with Crippen molar-refractivity contribution in [1.82, 2.24) is 0 Å². The molecule has 0 spiro atoms. The molecule has 0 atom stereocenters. The summed E-state index contributed by atoms with van der Waals surface area (Å²) in [6, 6.07) is 5.08. The number of hydrogen-bond acceptors (Lipinski definition) is 3. The second kappa shape index (κ2) is 2.56. The first-order chi connectivity index (χ1) is 6.09. The lowest BCUT2D eigenvalue weighted by Gasteiger charge is -2.11. The van der Waals surface area contributed by atoms with Crippen LogP contribution < -0.4 is 5.32 Å². The van der Waals surface area contributed by atoms with Crippen molar-refractivity contribution in [3.05, 3.63) is 23.8 Å². The lowest BCUT2D eigenvalue weighted by atomic mass is 10.2. The molecule has 0 radical (unpaired) electrons. The van der Waals surface area contributed by atoms with Crippen LogP contribution in [-0.4, -0.2) is 14.8 Å². The number of anilines is 1. The molecule has 68 valence electrons. The van der Waals surface area contributed by atoms with Gasteiger partial charge in [-0.3, -0.25) is 0 Å². The van der Waals surface area contributed by atoms with Gasteiger partial charge in [0.2, 0.25) is 0 Å². The van der Waals surface area contributed by atoms with Crippen molar-refractivity contribution in [2.45, 2.75) is 11.8 Å². The molecule has 0 bridgehead atoms. The molecular weight excluding hydrogens is 188 g/mol. The number of aryl methyl sites for hydroxylation is 1. The van der Waals surface area contributed by atoms with Crippen LogP contribution in [0, 0.1) is 6.92 Å². The van der Waals surface area contributed by atoms with Gasteiger partial charge in [-0.1, -0.05) is 6.07 Å². The summed E-state index contributed by atoms with van der Waals surface area (Å²) in [6.07, 6.45) is 1.19. The Morgan fingerprint density at radius 2 is 2.15 bits per heavy atom. The van der Waals surface area contributed by atoms with E-state index in [1.54, 1.807) is 18.2 Å². The highest BCUT2D eigenvalue weighted by Gasteiger charge is 2.19. The van der Waals surface area contributed by atoms with Gasteiger partial charge in [-0.25, -0.2) is 0 Å². The Kier molecular flexibility index (Phi) is 1.63. The topological polar surface area (TPSA) is 58.5 Å². The van der Waals surface area contributed by atoms with Crippen molar-refractivity contribution in [1.29, 1.82) is 0 Å². The highest BCUT2D eigenvalue weighted by molar-refractivity contribution is 7.90. The minimum atomic E-state index is -3.45. The van der Waals surface area contributed by atoms with Gasteiger partial charge in [-0.05, 0) is 24.6 Å². The van der Waals surface area contributed by atoms with E-state index >= 15 is 0 Å². The normalized spacial score (nSPS) is 17.6. The summed E-state index contributed by atoms with van der Waals surface area (Å²) in [4.78, 5) is 0.237. The molecule has 1 aromatic rings. The van der Waals surface area contributed by atoms with Crippen LogP contribution in [0.5, 0.6) is 0 Å². The van der Waals surface area contributed by atoms with Gasteiger partial charge in [-0.15, -0.1) is 4.40 Å².